The topological polar surface area (TPSA) is 109 Å². The Kier molecular flexibility index (Phi) is 9.10. The van der Waals surface area contributed by atoms with Crippen molar-refractivity contribution in [2.24, 2.45) is 5.92 Å². The molecule has 1 aromatic heterocycles. The van der Waals surface area contributed by atoms with E-state index in [0.29, 0.717) is 11.3 Å². The summed E-state index contributed by atoms with van der Waals surface area (Å²) in [6.07, 6.45) is 0.890. The van der Waals surface area contributed by atoms with E-state index in [1.165, 1.54) is 36.8 Å². The summed E-state index contributed by atoms with van der Waals surface area (Å²) < 4.78 is 39.4. The normalized spacial score (nSPS) is 18.1. The van der Waals surface area contributed by atoms with E-state index in [1.807, 2.05) is 37.3 Å². The third-order valence-corrected chi connectivity index (χ3v) is 8.65. The molecular formula is C30H33N3O6S. The number of likely N-dealkylation sites (N-methyl/N-ethyl adjacent to an activating group) is 1. The Morgan fingerprint density at radius 3 is 2.58 bits per heavy atom. The summed E-state index contributed by atoms with van der Waals surface area (Å²) in [6.45, 7) is 3.66. The number of aliphatic hydroxyl groups is 1. The van der Waals surface area contributed by atoms with Crippen molar-refractivity contribution in [2.75, 3.05) is 33.9 Å². The Balaban J connectivity index is 1.67. The SMILES string of the molecule is COc1cccc(S(=O)(=O)N(C)C[C@@H]2Oc3ncc(C#Cc4ccccc4)cc3C(=O)N([C@H](C)CO)C[C@@H]2C)c1. The van der Waals surface area contributed by atoms with Crippen LogP contribution in [0.1, 0.15) is 35.3 Å². The first-order valence-electron chi connectivity index (χ1n) is 12.9. The summed E-state index contributed by atoms with van der Waals surface area (Å²) in [7, 11) is -0.904. The number of hydrogen-bond donors (Lipinski definition) is 1. The molecule has 0 spiro atoms. The largest absolute Gasteiger partial charge is 0.497 e. The number of hydrogen-bond acceptors (Lipinski definition) is 7. The minimum Gasteiger partial charge on any atom is -0.497 e. The van der Waals surface area contributed by atoms with E-state index in [9.17, 15) is 18.3 Å². The number of aromatic nitrogens is 1. The number of methoxy groups -OCH3 is 1. The summed E-state index contributed by atoms with van der Waals surface area (Å²) in [6, 6.07) is 16.9. The molecule has 1 N–H and O–H groups in total. The molecule has 0 radical (unpaired) electrons. The minimum atomic E-state index is -3.86. The van der Waals surface area contributed by atoms with Crippen molar-refractivity contribution in [3.05, 3.63) is 83.6 Å². The third kappa shape index (κ3) is 6.45. The Bertz CT molecular complexity index is 1520. The van der Waals surface area contributed by atoms with E-state index < -0.39 is 22.2 Å². The van der Waals surface area contributed by atoms with Crippen LogP contribution in [0.4, 0.5) is 0 Å². The van der Waals surface area contributed by atoms with Gasteiger partial charge in [-0.05, 0) is 37.3 Å². The molecule has 40 heavy (non-hydrogen) atoms. The standard InChI is InChI=1S/C30H33N3O6S/c1-21-18-33(22(2)20-34)30(35)27-15-24(14-13-23-9-6-5-7-10-23)17-31-29(27)39-28(21)19-32(3)40(36,37)26-12-8-11-25(16-26)38-4/h5-12,15-17,21-22,28,34H,18-20H2,1-4H3/t21-,22+,28-/m0/s1. The fourth-order valence-corrected chi connectivity index (χ4v) is 5.57. The predicted octanol–water partition coefficient (Wildman–Crippen LogP) is 3.03. The Morgan fingerprint density at radius 1 is 1.15 bits per heavy atom. The van der Waals surface area contributed by atoms with E-state index in [4.69, 9.17) is 9.47 Å². The molecule has 2 heterocycles. The highest BCUT2D eigenvalue weighted by Crippen LogP contribution is 2.28. The van der Waals surface area contributed by atoms with Crippen molar-refractivity contribution in [3.8, 4) is 23.5 Å². The van der Waals surface area contributed by atoms with Gasteiger partial charge in [0.25, 0.3) is 5.91 Å². The average Bonchev–Trinajstić information content (AvgIpc) is 2.97. The lowest BCUT2D eigenvalue weighted by Crippen LogP contribution is -2.50. The molecule has 10 heteroatoms. The monoisotopic (exact) mass is 563 g/mol. The van der Waals surface area contributed by atoms with Crippen LogP contribution in [0.3, 0.4) is 0 Å². The van der Waals surface area contributed by atoms with Gasteiger partial charge in [-0.1, -0.05) is 43.0 Å². The van der Waals surface area contributed by atoms with Crippen molar-refractivity contribution in [3.63, 3.8) is 0 Å². The van der Waals surface area contributed by atoms with Gasteiger partial charge in [-0.3, -0.25) is 4.79 Å². The van der Waals surface area contributed by atoms with Crippen molar-refractivity contribution in [1.29, 1.82) is 0 Å². The van der Waals surface area contributed by atoms with Crippen molar-refractivity contribution in [1.82, 2.24) is 14.2 Å². The summed E-state index contributed by atoms with van der Waals surface area (Å²) >= 11 is 0. The van der Waals surface area contributed by atoms with Crippen LogP contribution in [0.15, 0.2) is 71.8 Å². The van der Waals surface area contributed by atoms with Crippen molar-refractivity contribution in [2.45, 2.75) is 30.9 Å². The van der Waals surface area contributed by atoms with Gasteiger partial charge in [-0.2, -0.15) is 4.31 Å². The van der Waals surface area contributed by atoms with Gasteiger partial charge in [-0.15, -0.1) is 0 Å². The van der Waals surface area contributed by atoms with E-state index in [-0.39, 0.29) is 47.9 Å². The number of sulfonamides is 1. The molecule has 1 aliphatic heterocycles. The highest BCUT2D eigenvalue weighted by molar-refractivity contribution is 7.89. The van der Waals surface area contributed by atoms with Crippen LogP contribution >= 0.6 is 0 Å². The molecule has 0 fully saturated rings. The zero-order valence-electron chi connectivity index (χ0n) is 22.9. The minimum absolute atomic E-state index is 0.00688. The number of ether oxygens (including phenoxy) is 2. The van der Waals surface area contributed by atoms with Crippen LogP contribution in [-0.2, 0) is 10.0 Å². The van der Waals surface area contributed by atoms with E-state index in [1.54, 1.807) is 30.0 Å². The van der Waals surface area contributed by atoms with Crippen LogP contribution in [0.5, 0.6) is 11.6 Å². The maximum Gasteiger partial charge on any atom is 0.259 e. The zero-order chi connectivity index (χ0) is 28.9. The molecule has 0 saturated carbocycles. The lowest BCUT2D eigenvalue weighted by molar-refractivity contribution is 0.0373. The molecular weight excluding hydrogens is 530 g/mol. The highest BCUT2D eigenvalue weighted by atomic mass is 32.2. The molecule has 4 rings (SSSR count). The molecule has 0 bridgehead atoms. The van der Waals surface area contributed by atoms with E-state index in [2.05, 4.69) is 16.8 Å². The van der Waals surface area contributed by atoms with Gasteiger partial charge in [0.05, 0.1) is 31.2 Å². The quantitative estimate of drug-likeness (QED) is 0.440. The number of carbonyl (C=O) groups is 1. The number of amides is 1. The fourth-order valence-electron chi connectivity index (χ4n) is 4.35. The molecule has 1 aliphatic rings. The predicted molar refractivity (Wildman–Crippen MR) is 151 cm³/mol. The Labute approximate surface area is 235 Å². The molecule has 3 atom stereocenters. The number of benzene rings is 2. The van der Waals surface area contributed by atoms with Crippen LogP contribution in [0.2, 0.25) is 0 Å². The number of rotatable bonds is 7. The summed E-state index contributed by atoms with van der Waals surface area (Å²) in [5.41, 5.74) is 1.55. The second kappa shape index (κ2) is 12.5. The van der Waals surface area contributed by atoms with Crippen LogP contribution in [0.25, 0.3) is 0 Å². The van der Waals surface area contributed by atoms with Gasteiger partial charge < -0.3 is 19.5 Å². The van der Waals surface area contributed by atoms with Gasteiger partial charge in [0.15, 0.2) is 0 Å². The van der Waals surface area contributed by atoms with E-state index >= 15 is 0 Å². The van der Waals surface area contributed by atoms with Gasteiger partial charge in [-0.25, -0.2) is 13.4 Å². The fraction of sp³-hybridized carbons (Fsp3) is 0.333. The smallest absolute Gasteiger partial charge is 0.259 e. The second-order valence-corrected chi connectivity index (χ2v) is 11.8. The molecule has 9 nitrogen and oxygen atoms in total. The average molecular weight is 564 g/mol. The first-order valence-corrected chi connectivity index (χ1v) is 14.3. The van der Waals surface area contributed by atoms with Crippen molar-refractivity contribution < 1.29 is 27.8 Å². The van der Waals surface area contributed by atoms with Gasteiger partial charge in [0.2, 0.25) is 15.9 Å². The molecule has 1 amide bonds. The molecule has 0 saturated heterocycles. The molecule has 0 aliphatic carbocycles. The number of aliphatic hydroxyl groups excluding tert-OH is 1. The maximum atomic E-state index is 13.6. The molecule has 3 aromatic rings. The second-order valence-electron chi connectivity index (χ2n) is 9.78. The first-order chi connectivity index (χ1) is 19.1. The van der Waals surface area contributed by atoms with Gasteiger partial charge in [0, 0.05) is 42.9 Å². The Hall–Kier alpha value is -3.91. The maximum absolute atomic E-state index is 13.6. The van der Waals surface area contributed by atoms with Gasteiger partial charge in [0.1, 0.15) is 17.4 Å². The van der Waals surface area contributed by atoms with Crippen LogP contribution in [-0.4, -0.2) is 79.6 Å². The third-order valence-electron chi connectivity index (χ3n) is 6.83. The number of carbonyl (C=O) groups excluding carboxylic acids is 1. The van der Waals surface area contributed by atoms with E-state index in [0.717, 1.165) is 5.56 Å². The molecule has 2 aromatic carbocycles. The Morgan fingerprint density at radius 2 is 1.88 bits per heavy atom. The summed E-state index contributed by atoms with van der Waals surface area (Å²) in [5.74, 6) is 6.00. The lowest BCUT2D eigenvalue weighted by atomic mass is 10.0. The van der Waals surface area contributed by atoms with Crippen LogP contribution < -0.4 is 9.47 Å². The first kappa shape index (κ1) is 29.1. The summed E-state index contributed by atoms with van der Waals surface area (Å²) in [4.78, 5) is 19.7. The van der Waals surface area contributed by atoms with Crippen molar-refractivity contribution >= 4 is 15.9 Å². The summed E-state index contributed by atoms with van der Waals surface area (Å²) in [5, 5.41) is 9.89. The highest BCUT2D eigenvalue weighted by Gasteiger charge is 2.36. The zero-order valence-corrected chi connectivity index (χ0v) is 23.8. The van der Waals surface area contributed by atoms with Gasteiger partial charge >= 0.3 is 0 Å². The number of nitrogens with zero attached hydrogens (tertiary/aromatic N) is 3. The number of fused-ring (bicyclic) bond motifs is 1. The number of pyridine rings is 1. The van der Waals surface area contributed by atoms with Crippen LogP contribution in [0, 0.1) is 17.8 Å². The molecule has 0 unspecified atom stereocenters. The lowest BCUT2D eigenvalue weighted by Gasteiger charge is -2.37. The molecule has 210 valence electrons.